The molecule has 0 saturated carbocycles. The lowest BCUT2D eigenvalue weighted by molar-refractivity contribution is 0.0375. The summed E-state index contributed by atoms with van der Waals surface area (Å²) in [7, 11) is 0. The number of hydrogen-bond donors (Lipinski definition) is 1. The van der Waals surface area contributed by atoms with Gasteiger partial charge in [-0.05, 0) is 42.9 Å². The number of halogens is 1. The summed E-state index contributed by atoms with van der Waals surface area (Å²) in [6.07, 6.45) is 1.12. The van der Waals surface area contributed by atoms with E-state index < -0.39 is 0 Å². The van der Waals surface area contributed by atoms with Crippen LogP contribution in [0.25, 0.3) is 0 Å². The summed E-state index contributed by atoms with van der Waals surface area (Å²) in [6, 6.07) is 8.13. The van der Waals surface area contributed by atoms with Crippen molar-refractivity contribution < 1.29 is 4.74 Å². The fraction of sp³-hybridized carbons (Fsp3) is 0.632. The minimum absolute atomic E-state index is 0.809. The summed E-state index contributed by atoms with van der Waals surface area (Å²) in [5.74, 6) is 0. The van der Waals surface area contributed by atoms with Crippen molar-refractivity contribution in [3.63, 3.8) is 0 Å². The maximum atomic E-state index is 6.08. The van der Waals surface area contributed by atoms with Crippen molar-refractivity contribution in [1.82, 2.24) is 20.0 Å². The van der Waals surface area contributed by atoms with E-state index in [1.807, 2.05) is 12.1 Å². The fourth-order valence-electron chi connectivity index (χ4n) is 3.44. The van der Waals surface area contributed by atoms with Crippen LogP contribution < -0.4 is 5.32 Å². The third-order valence-corrected chi connectivity index (χ3v) is 5.62. The van der Waals surface area contributed by atoms with Crippen LogP contribution in [0.4, 0.5) is 0 Å². The second kappa shape index (κ2) is 10.4. The van der Waals surface area contributed by atoms with E-state index in [9.17, 15) is 0 Å². The summed E-state index contributed by atoms with van der Waals surface area (Å²) in [5.41, 5.74) is 1.27. The first-order valence-corrected chi connectivity index (χ1v) is 10.3. The lowest BCUT2D eigenvalue weighted by Crippen LogP contribution is -2.51. The van der Waals surface area contributed by atoms with Gasteiger partial charge in [0, 0.05) is 57.4 Å². The van der Waals surface area contributed by atoms with Gasteiger partial charge in [0.15, 0.2) is 5.11 Å². The highest BCUT2D eigenvalue weighted by Gasteiger charge is 2.19. The highest BCUT2D eigenvalue weighted by Crippen LogP contribution is 2.14. The second-order valence-electron chi connectivity index (χ2n) is 6.93. The first-order valence-electron chi connectivity index (χ1n) is 9.50. The monoisotopic (exact) mass is 396 g/mol. The Morgan fingerprint density at radius 1 is 1.08 bits per heavy atom. The zero-order valence-electron chi connectivity index (χ0n) is 15.3. The third kappa shape index (κ3) is 6.35. The van der Waals surface area contributed by atoms with Crippen LogP contribution in [0.1, 0.15) is 12.0 Å². The normalized spacial score (nSPS) is 19.5. The predicted octanol–water partition coefficient (Wildman–Crippen LogP) is 2.05. The number of nitrogens with zero attached hydrogens (tertiary/aromatic N) is 3. The molecule has 0 unspecified atom stereocenters. The molecule has 1 N–H and O–H groups in total. The Morgan fingerprint density at radius 3 is 2.58 bits per heavy atom. The molecule has 0 radical (unpaired) electrons. The minimum atomic E-state index is 0.809. The number of piperazine rings is 1. The van der Waals surface area contributed by atoms with Gasteiger partial charge in [0.25, 0.3) is 0 Å². The summed E-state index contributed by atoms with van der Waals surface area (Å²) >= 11 is 11.7. The first-order chi connectivity index (χ1) is 12.7. The average Bonchev–Trinajstić information content (AvgIpc) is 2.66. The van der Waals surface area contributed by atoms with Crippen LogP contribution >= 0.6 is 23.8 Å². The van der Waals surface area contributed by atoms with Gasteiger partial charge in [-0.15, -0.1) is 0 Å². The van der Waals surface area contributed by atoms with Gasteiger partial charge in [0.2, 0.25) is 0 Å². The van der Waals surface area contributed by atoms with E-state index in [4.69, 9.17) is 28.6 Å². The van der Waals surface area contributed by atoms with Crippen LogP contribution in [0, 0.1) is 0 Å². The van der Waals surface area contributed by atoms with E-state index in [0.717, 1.165) is 88.7 Å². The number of rotatable bonds is 6. The van der Waals surface area contributed by atoms with Crippen LogP contribution in [0.2, 0.25) is 5.02 Å². The van der Waals surface area contributed by atoms with Gasteiger partial charge >= 0.3 is 0 Å². The number of hydrogen-bond acceptors (Lipinski definition) is 4. The first kappa shape index (κ1) is 19.8. The molecular formula is C19H29ClN4OS. The molecule has 2 saturated heterocycles. The standard InChI is InChI=1S/C19H29ClN4OS/c20-18-4-1-3-17(15-18)16-23-7-9-24(10-8-23)19(26)21-5-2-6-22-11-13-25-14-12-22/h1,3-4,15H,2,5-14,16H2,(H,21,26). The van der Waals surface area contributed by atoms with Gasteiger partial charge in [-0.25, -0.2) is 0 Å². The zero-order chi connectivity index (χ0) is 18.2. The maximum absolute atomic E-state index is 6.08. The van der Waals surface area contributed by atoms with Crippen LogP contribution in [-0.4, -0.2) is 85.4 Å². The zero-order valence-corrected chi connectivity index (χ0v) is 16.9. The highest BCUT2D eigenvalue weighted by molar-refractivity contribution is 7.80. The molecule has 0 aliphatic carbocycles. The smallest absolute Gasteiger partial charge is 0.169 e. The Bertz CT molecular complexity index is 574. The Morgan fingerprint density at radius 2 is 1.85 bits per heavy atom. The minimum Gasteiger partial charge on any atom is -0.379 e. The Balaban J connectivity index is 1.30. The molecule has 144 valence electrons. The summed E-state index contributed by atoms with van der Waals surface area (Å²) in [4.78, 5) is 7.21. The summed E-state index contributed by atoms with van der Waals surface area (Å²) < 4.78 is 5.38. The molecule has 26 heavy (non-hydrogen) atoms. The maximum Gasteiger partial charge on any atom is 0.169 e. The van der Waals surface area contributed by atoms with E-state index in [1.165, 1.54) is 5.56 Å². The SMILES string of the molecule is S=C(NCCCN1CCOCC1)N1CCN(Cc2cccc(Cl)c2)CC1. The quantitative estimate of drug-likeness (QED) is 0.585. The third-order valence-electron chi connectivity index (χ3n) is 4.99. The van der Waals surface area contributed by atoms with Crippen molar-refractivity contribution in [2.45, 2.75) is 13.0 Å². The van der Waals surface area contributed by atoms with E-state index in [2.05, 4.69) is 32.1 Å². The molecule has 5 nitrogen and oxygen atoms in total. The molecule has 1 aromatic carbocycles. The molecule has 2 aliphatic rings. The molecule has 2 aliphatic heterocycles. The Kier molecular flexibility index (Phi) is 7.95. The average molecular weight is 397 g/mol. The van der Waals surface area contributed by atoms with Crippen molar-refractivity contribution in [3.05, 3.63) is 34.9 Å². The predicted molar refractivity (Wildman–Crippen MR) is 111 cm³/mol. The molecule has 0 bridgehead atoms. The van der Waals surface area contributed by atoms with Crippen LogP contribution in [0.15, 0.2) is 24.3 Å². The number of nitrogens with one attached hydrogen (secondary N) is 1. The van der Waals surface area contributed by atoms with Crippen LogP contribution in [-0.2, 0) is 11.3 Å². The van der Waals surface area contributed by atoms with Crippen molar-refractivity contribution in [3.8, 4) is 0 Å². The van der Waals surface area contributed by atoms with E-state index in [1.54, 1.807) is 0 Å². The number of ether oxygens (including phenoxy) is 1. The van der Waals surface area contributed by atoms with Crippen molar-refractivity contribution >= 4 is 28.9 Å². The van der Waals surface area contributed by atoms with Crippen molar-refractivity contribution in [2.75, 3.05) is 65.6 Å². The van der Waals surface area contributed by atoms with Gasteiger partial charge in [-0.1, -0.05) is 23.7 Å². The molecule has 0 atom stereocenters. The summed E-state index contributed by atoms with van der Waals surface area (Å²) in [6.45, 7) is 10.9. The van der Waals surface area contributed by atoms with Crippen molar-refractivity contribution in [1.29, 1.82) is 0 Å². The molecule has 0 aromatic heterocycles. The molecule has 3 rings (SSSR count). The Labute approximate surface area is 167 Å². The largest absolute Gasteiger partial charge is 0.379 e. The molecule has 0 spiro atoms. The van der Waals surface area contributed by atoms with Gasteiger partial charge in [-0.3, -0.25) is 9.80 Å². The van der Waals surface area contributed by atoms with Gasteiger partial charge in [0.1, 0.15) is 0 Å². The Hall–Kier alpha value is -0.920. The topological polar surface area (TPSA) is 31.0 Å². The summed E-state index contributed by atoms with van der Waals surface area (Å²) in [5, 5.41) is 5.13. The van der Waals surface area contributed by atoms with Gasteiger partial charge in [0.05, 0.1) is 13.2 Å². The fourth-order valence-corrected chi connectivity index (χ4v) is 3.93. The van der Waals surface area contributed by atoms with E-state index in [0.29, 0.717) is 0 Å². The highest BCUT2D eigenvalue weighted by atomic mass is 35.5. The van der Waals surface area contributed by atoms with Gasteiger partial charge < -0.3 is 15.0 Å². The lowest BCUT2D eigenvalue weighted by Gasteiger charge is -2.36. The van der Waals surface area contributed by atoms with E-state index >= 15 is 0 Å². The second-order valence-corrected chi connectivity index (χ2v) is 7.76. The molecule has 7 heteroatoms. The van der Waals surface area contributed by atoms with Crippen LogP contribution in [0.3, 0.4) is 0 Å². The number of thiocarbonyl (C=S) groups is 1. The molecule has 0 amide bonds. The number of benzene rings is 1. The van der Waals surface area contributed by atoms with Crippen LogP contribution in [0.5, 0.6) is 0 Å². The molecule has 1 aromatic rings. The lowest BCUT2D eigenvalue weighted by atomic mass is 10.2. The molecule has 2 heterocycles. The molecular weight excluding hydrogens is 368 g/mol. The van der Waals surface area contributed by atoms with E-state index in [-0.39, 0.29) is 0 Å². The van der Waals surface area contributed by atoms with Crippen molar-refractivity contribution in [2.24, 2.45) is 0 Å². The molecule has 2 fully saturated rings. The van der Waals surface area contributed by atoms with Gasteiger partial charge in [-0.2, -0.15) is 0 Å². The number of morpholine rings is 1.